The Kier molecular flexibility index (Phi) is 5.59. The minimum absolute atomic E-state index is 0.0438. The average Bonchev–Trinajstić information content (AvgIpc) is 2.52. The molecule has 2 aromatic rings. The monoisotopic (exact) mass is 271 g/mol. The fourth-order valence-corrected chi connectivity index (χ4v) is 2.20. The zero-order valence-electron chi connectivity index (χ0n) is 11.8. The summed E-state index contributed by atoms with van der Waals surface area (Å²) in [5, 5.41) is 12.9. The molecule has 3 heteroatoms. The predicted molar refractivity (Wildman–Crippen MR) is 80.9 cm³/mol. The van der Waals surface area contributed by atoms with Gasteiger partial charge in [0.25, 0.3) is 0 Å². The van der Waals surface area contributed by atoms with E-state index in [1.54, 1.807) is 7.11 Å². The molecular weight excluding hydrogens is 250 g/mol. The summed E-state index contributed by atoms with van der Waals surface area (Å²) in [6, 6.07) is 18.2. The second-order valence-corrected chi connectivity index (χ2v) is 4.76. The lowest BCUT2D eigenvalue weighted by Gasteiger charge is -2.17. The van der Waals surface area contributed by atoms with Crippen molar-refractivity contribution < 1.29 is 9.84 Å². The first kappa shape index (κ1) is 14.6. The summed E-state index contributed by atoms with van der Waals surface area (Å²) in [5.74, 6) is 0.872. The number of hydrogen-bond donors (Lipinski definition) is 2. The van der Waals surface area contributed by atoms with Crippen molar-refractivity contribution in [2.45, 2.75) is 19.0 Å². The van der Waals surface area contributed by atoms with Crippen LogP contribution in [-0.2, 0) is 13.0 Å². The molecule has 0 amide bonds. The fraction of sp³-hybridized carbons (Fsp3) is 0.294. The highest BCUT2D eigenvalue weighted by molar-refractivity contribution is 5.33. The van der Waals surface area contributed by atoms with Gasteiger partial charge in [0.15, 0.2) is 0 Å². The van der Waals surface area contributed by atoms with Gasteiger partial charge in [-0.1, -0.05) is 48.5 Å². The van der Waals surface area contributed by atoms with Gasteiger partial charge in [-0.25, -0.2) is 0 Å². The van der Waals surface area contributed by atoms with Crippen LogP contribution in [0.25, 0.3) is 0 Å². The highest BCUT2D eigenvalue weighted by Gasteiger charge is 2.09. The van der Waals surface area contributed by atoms with Crippen LogP contribution in [0.4, 0.5) is 0 Å². The van der Waals surface area contributed by atoms with Gasteiger partial charge in [0.2, 0.25) is 0 Å². The van der Waals surface area contributed by atoms with E-state index in [4.69, 9.17) is 4.74 Å². The first-order chi connectivity index (χ1) is 9.83. The molecule has 1 atom stereocenters. The van der Waals surface area contributed by atoms with Crippen molar-refractivity contribution in [1.82, 2.24) is 5.32 Å². The van der Waals surface area contributed by atoms with E-state index in [1.807, 2.05) is 42.5 Å². The van der Waals surface area contributed by atoms with Gasteiger partial charge >= 0.3 is 0 Å². The summed E-state index contributed by atoms with van der Waals surface area (Å²) in [6.45, 7) is 0.798. The van der Waals surface area contributed by atoms with Crippen molar-refractivity contribution in [2.75, 3.05) is 13.7 Å². The van der Waals surface area contributed by atoms with Gasteiger partial charge in [-0.3, -0.25) is 0 Å². The topological polar surface area (TPSA) is 41.5 Å². The van der Waals surface area contributed by atoms with Crippen molar-refractivity contribution in [3.63, 3.8) is 0 Å². The van der Waals surface area contributed by atoms with Crippen LogP contribution in [0.2, 0.25) is 0 Å². The Balaban J connectivity index is 1.94. The smallest absolute Gasteiger partial charge is 0.123 e. The Hall–Kier alpha value is -1.84. The van der Waals surface area contributed by atoms with Crippen molar-refractivity contribution >= 4 is 0 Å². The van der Waals surface area contributed by atoms with Crippen LogP contribution in [0.1, 0.15) is 11.1 Å². The third kappa shape index (κ3) is 4.08. The average molecular weight is 271 g/mol. The lowest BCUT2D eigenvalue weighted by atomic mass is 10.1. The number of nitrogens with one attached hydrogen (secondary N) is 1. The van der Waals surface area contributed by atoms with Gasteiger partial charge in [-0.15, -0.1) is 0 Å². The molecule has 0 aliphatic rings. The van der Waals surface area contributed by atoms with E-state index in [0.717, 1.165) is 17.7 Å². The Morgan fingerprint density at radius 1 is 1.05 bits per heavy atom. The highest BCUT2D eigenvalue weighted by Crippen LogP contribution is 2.17. The number of benzene rings is 2. The van der Waals surface area contributed by atoms with Crippen molar-refractivity contribution in [1.29, 1.82) is 0 Å². The van der Waals surface area contributed by atoms with Gasteiger partial charge in [-0.2, -0.15) is 0 Å². The third-order valence-corrected chi connectivity index (χ3v) is 3.32. The van der Waals surface area contributed by atoms with Crippen LogP contribution in [0.15, 0.2) is 54.6 Å². The second kappa shape index (κ2) is 7.68. The number of para-hydroxylation sites is 1. The van der Waals surface area contributed by atoms with Crippen LogP contribution in [0, 0.1) is 0 Å². The first-order valence-electron chi connectivity index (χ1n) is 6.83. The van der Waals surface area contributed by atoms with E-state index in [0.29, 0.717) is 6.54 Å². The van der Waals surface area contributed by atoms with Gasteiger partial charge in [0.05, 0.1) is 13.7 Å². The quantitative estimate of drug-likeness (QED) is 0.812. The minimum atomic E-state index is 0.0438. The minimum Gasteiger partial charge on any atom is -0.496 e. The highest BCUT2D eigenvalue weighted by atomic mass is 16.5. The number of ether oxygens (including phenoxy) is 1. The van der Waals surface area contributed by atoms with E-state index in [1.165, 1.54) is 5.56 Å². The van der Waals surface area contributed by atoms with Crippen molar-refractivity contribution in [3.05, 3.63) is 65.7 Å². The van der Waals surface area contributed by atoms with Gasteiger partial charge in [-0.05, 0) is 18.1 Å². The molecule has 1 unspecified atom stereocenters. The summed E-state index contributed by atoms with van der Waals surface area (Å²) in [4.78, 5) is 0. The molecule has 2 rings (SSSR count). The van der Waals surface area contributed by atoms with Gasteiger partial charge in [0.1, 0.15) is 5.75 Å². The largest absolute Gasteiger partial charge is 0.496 e. The van der Waals surface area contributed by atoms with Crippen LogP contribution in [-0.4, -0.2) is 24.9 Å². The summed E-state index contributed by atoms with van der Waals surface area (Å²) in [7, 11) is 1.67. The molecule has 20 heavy (non-hydrogen) atoms. The molecule has 0 saturated carbocycles. The molecule has 0 radical (unpaired) electrons. The Labute approximate surface area is 120 Å². The SMILES string of the molecule is COc1ccccc1CNC(CO)Cc1ccccc1. The maximum absolute atomic E-state index is 9.50. The predicted octanol–water partition coefficient (Wildman–Crippen LogP) is 2.39. The summed E-state index contributed by atoms with van der Waals surface area (Å²) in [6.07, 6.45) is 0.812. The number of aliphatic hydroxyl groups excluding tert-OH is 1. The Morgan fingerprint density at radius 2 is 1.75 bits per heavy atom. The Morgan fingerprint density at radius 3 is 2.45 bits per heavy atom. The fourth-order valence-electron chi connectivity index (χ4n) is 2.20. The molecule has 0 saturated heterocycles. The van der Waals surface area contributed by atoms with Crippen molar-refractivity contribution in [2.24, 2.45) is 0 Å². The van der Waals surface area contributed by atoms with E-state index >= 15 is 0 Å². The molecule has 3 nitrogen and oxygen atoms in total. The number of hydrogen-bond acceptors (Lipinski definition) is 3. The number of rotatable bonds is 7. The third-order valence-electron chi connectivity index (χ3n) is 3.32. The van der Waals surface area contributed by atoms with E-state index in [-0.39, 0.29) is 12.6 Å². The molecule has 2 N–H and O–H groups in total. The maximum Gasteiger partial charge on any atom is 0.123 e. The van der Waals surface area contributed by atoms with E-state index < -0.39 is 0 Å². The Bertz CT molecular complexity index is 513. The van der Waals surface area contributed by atoms with Crippen LogP contribution >= 0.6 is 0 Å². The lowest BCUT2D eigenvalue weighted by molar-refractivity contribution is 0.240. The maximum atomic E-state index is 9.50. The molecule has 0 aliphatic carbocycles. The second-order valence-electron chi connectivity index (χ2n) is 4.76. The zero-order chi connectivity index (χ0) is 14.2. The molecule has 0 bridgehead atoms. The zero-order valence-corrected chi connectivity index (χ0v) is 11.8. The number of aliphatic hydroxyl groups is 1. The summed E-state index contributed by atoms with van der Waals surface area (Å²) >= 11 is 0. The van der Waals surface area contributed by atoms with Crippen LogP contribution in [0.3, 0.4) is 0 Å². The standard InChI is InChI=1S/C17H21NO2/c1-20-17-10-6-5-9-15(17)12-18-16(13-19)11-14-7-3-2-4-8-14/h2-10,16,18-19H,11-13H2,1H3. The van der Waals surface area contributed by atoms with Gasteiger partial charge < -0.3 is 15.2 Å². The molecule has 106 valence electrons. The molecule has 0 aliphatic heterocycles. The van der Waals surface area contributed by atoms with Gasteiger partial charge in [0, 0.05) is 18.2 Å². The van der Waals surface area contributed by atoms with Crippen LogP contribution < -0.4 is 10.1 Å². The molecule has 2 aromatic carbocycles. The summed E-state index contributed by atoms with van der Waals surface area (Å²) < 4.78 is 5.33. The van der Waals surface area contributed by atoms with Crippen molar-refractivity contribution in [3.8, 4) is 5.75 Å². The molecule has 0 fully saturated rings. The molecule has 0 spiro atoms. The molecule has 0 heterocycles. The first-order valence-corrected chi connectivity index (χ1v) is 6.83. The summed E-state index contributed by atoms with van der Waals surface area (Å²) in [5.41, 5.74) is 2.32. The molecule has 0 aromatic heterocycles. The lowest BCUT2D eigenvalue weighted by Crippen LogP contribution is -2.34. The normalized spacial score (nSPS) is 12.1. The number of methoxy groups -OCH3 is 1. The molecular formula is C17H21NO2. The van der Waals surface area contributed by atoms with E-state index in [2.05, 4.69) is 17.4 Å². The van der Waals surface area contributed by atoms with E-state index in [9.17, 15) is 5.11 Å². The van der Waals surface area contributed by atoms with Crippen LogP contribution in [0.5, 0.6) is 5.75 Å².